The van der Waals surface area contributed by atoms with E-state index in [0.717, 1.165) is 24.8 Å². The molecule has 1 fully saturated rings. The Kier molecular flexibility index (Phi) is 5.36. The maximum Gasteiger partial charge on any atom is 0.310 e. The molecule has 1 aliphatic rings. The summed E-state index contributed by atoms with van der Waals surface area (Å²) in [6.45, 7) is 0.116. The van der Waals surface area contributed by atoms with Gasteiger partial charge >= 0.3 is 5.97 Å². The van der Waals surface area contributed by atoms with Gasteiger partial charge in [0.1, 0.15) is 0 Å². The molecule has 0 aliphatic heterocycles. The summed E-state index contributed by atoms with van der Waals surface area (Å²) in [5, 5.41) is 25.7. The molecule has 3 N–H and O–H groups in total. The number of nitrogens with one attached hydrogen (secondary N) is 1. The molecule has 0 bridgehead atoms. The minimum atomic E-state index is -0.921. The SMILES string of the molecule is O=C(CC1(C(=O)O)CCCCC1)NCC(O)c1ccsc1. The van der Waals surface area contributed by atoms with Crippen molar-refractivity contribution in [2.24, 2.45) is 5.41 Å². The molecule has 1 unspecified atom stereocenters. The Morgan fingerprint density at radius 1 is 1.33 bits per heavy atom. The summed E-state index contributed by atoms with van der Waals surface area (Å²) < 4.78 is 0. The van der Waals surface area contributed by atoms with E-state index in [4.69, 9.17) is 0 Å². The third kappa shape index (κ3) is 4.04. The first-order chi connectivity index (χ1) is 10.0. The average molecular weight is 311 g/mol. The van der Waals surface area contributed by atoms with Crippen molar-refractivity contribution in [1.82, 2.24) is 5.32 Å². The summed E-state index contributed by atoms with van der Waals surface area (Å²) in [6, 6.07) is 1.81. The summed E-state index contributed by atoms with van der Waals surface area (Å²) in [7, 11) is 0. The molecular formula is C15H21NO4S. The minimum Gasteiger partial charge on any atom is -0.481 e. The van der Waals surface area contributed by atoms with Gasteiger partial charge in [-0.1, -0.05) is 19.3 Å². The van der Waals surface area contributed by atoms with Crippen molar-refractivity contribution in [2.45, 2.75) is 44.6 Å². The van der Waals surface area contributed by atoms with E-state index in [0.29, 0.717) is 12.8 Å². The lowest BCUT2D eigenvalue weighted by molar-refractivity contribution is -0.154. The number of hydrogen-bond acceptors (Lipinski definition) is 4. The van der Waals surface area contributed by atoms with Gasteiger partial charge in [0.2, 0.25) is 5.91 Å². The van der Waals surface area contributed by atoms with E-state index in [1.807, 2.05) is 10.8 Å². The van der Waals surface area contributed by atoms with Crippen LogP contribution in [0.4, 0.5) is 0 Å². The first-order valence-electron chi connectivity index (χ1n) is 7.24. The van der Waals surface area contributed by atoms with Crippen LogP contribution in [0.1, 0.15) is 50.2 Å². The molecule has 6 heteroatoms. The summed E-state index contributed by atoms with van der Waals surface area (Å²) in [4.78, 5) is 23.5. The van der Waals surface area contributed by atoms with Crippen LogP contribution in [0.25, 0.3) is 0 Å². The standard InChI is InChI=1S/C15H21NO4S/c17-12(11-4-7-21-10-11)9-16-13(18)8-15(14(19)20)5-2-1-3-6-15/h4,7,10,12,17H,1-3,5-6,8-9H2,(H,16,18)(H,19,20). The predicted molar refractivity (Wildman–Crippen MR) is 80.1 cm³/mol. The third-order valence-corrected chi connectivity index (χ3v) is 4.89. The van der Waals surface area contributed by atoms with Crippen molar-refractivity contribution in [2.75, 3.05) is 6.54 Å². The average Bonchev–Trinajstić information content (AvgIpc) is 3.00. The molecule has 1 saturated carbocycles. The third-order valence-electron chi connectivity index (χ3n) is 4.18. The molecule has 1 amide bonds. The molecule has 2 rings (SSSR count). The van der Waals surface area contributed by atoms with Gasteiger partial charge < -0.3 is 15.5 Å². The minimum absolute atomic E-state index is 0.00130. The maximum atomic E-state index is 12.0. The Hall–Kier alpha value is -1.40. The molecule has 5 nitrogen and oxygen atoms in total. The molecule has 0 radical (unpaired) electrons. The fourth-order valence-corrected chi connectivity index (χ4v) is 3.56. The van der Waals surface area contributed by atoms with Gasteiger partial charge in [-0.3, -0.25) is 9.59 Å². The highest BCUT2D eigenvalue weighted by molar-refractivity contribution is 7.07. The number of thiophene rings is 1. The number of carboxylic acids is 1. The second kappa shape index (κ2) is 7.04. The number of aliphatic hydroxyl groups excluding tert-OH is 1. The number of hydrogen-bond donors (Lipinski definition) is 3. The van der Waals surface area contributed by atoms with Gasteiger partial charge in [-0.2, -0.15) is 11.3 Å². The van der Waals surface area contributed by atoms with E-state index < -0.39 is 17.5 Å². The number of rotatable bonds is 6. The Labute approximate surface area is 128 Å². The summed E-state index contributed by atoms with van der Waals surface area (Å²) in [5.74, 6) is -1.18. The molecule has 21 heavy (non-hydrogen) atoms. The lowest BCUT2D eigenvalue weighted by Crippen LogP contribution is -2.40. The summed E-state index contributed by atoms with van der Waals surface area (Å²) in [5.41, 5.74) is -0.152. The zero-order valence-corrected chi connectivity index (χ0v) is 12.7. The van der Waals surface area contributed by atoms with E-state index >= 15 is 0 Å². The first-order valence-corrected chi connectivity index (χ1v) is 8.18. The van der Waals surface area contributed by atoms with Gasteiger partial charge in [0.15, 0.2) is 0 Å². The molecule has 0 aromatic carbocycles. The monoisotopic (exact) mass is 311 g/mol. The van der Waals surface area contributed by atoms with E-state index in [1.165, 1.54) is 11.3 Å². The van der Waals surface area contributed by atoms with Gasteiger partial charge in [-0.25, -0.2) is 0 Å². The fourth-order valence-electron chi connectivity index (χ4n) is 2.86. The molecule has 0 spiro atoms. The number of carboxylic acid groups (broad SMARTS) is 1. The Balaban J connectivity index is 1.86. The highest BCUT2D eigenvalue weighted by atomic mass is 32.1. The number of amides is 1. The van der Waals surface area contributed by atoms with Crippen LogP contribution < -0.4 is 5.32 Å². The molecular weight excluding hydrogens is 290 g/mol. The van der Waals surface area contributed by atoms with Crippen LogP contribution in [0.15, 0.2) is 16.8 Å². The van der Waals surface area contributed by atoms with Crippen LogP contribution in [0, 0.1) is 5.41 Å². The normalized spacial score (nSPS) is 18.9. The summed E-state index contributed by atoms with van der Waals surface area (Å²) >= 11 is 1.48. The summed E-state index contributed by atoms with van der Waals surface area (Å²) in [6.07, 6.45) is 3.12. The fraction of sp³-hybridized carbons (Fsp3) is 0.600. The quantitative estimate of drug-likeness (QED) is 0.752. The highest BCUT2D eigenvalue weighted by Crippen LogP contribution is 2.39. The Morgan fingerprint density at radius 2 is 2.05 bits per heavy atom. The van der Waals surface area contributed by atoms with Crippen molar-refractivity contribution in [3.8, 4) is 0 Å². The van der Waals surface area contributed by atoms with Crippen molar-refractivity contribution >= 4 is 23.2 Å². The largest absolute Gasteiger partial charge is 0.481 e. The smallest absolute Gasteiger partial charge is 0.310 e. The van der Waals surface area contributed by atoms with E-state index in [1.54, 1.807) is 6.07 Å². The lowest BCUT2D eigenvalue weighted by atomic mass is 9.71. The van der Waals surface area contributed by atoms with Crippen LogP contribution in [-0.2, 0) is 9.59 Å². The van der Waals surface area contributed by atoms with Gasteiger partial charge in [0.25, 0.3) is 0 Å². The lowest BCUT2D eigenvalue weighted by Gasteiger charge is -2.32. The molecule has 1 aromatic rings. The molecule has 116 valence electrons. The molecule has 1 atom stereocenters. The van der Waals surface area contributed by atoms with Crippen molar-refractivity contribution in [3.63, 3.8) is 0 Å². The molecule has 1 aliphatic carbocycles. The molecule has 0 saturated heterocycles. The maximum absolute atomic E-state index is 12.0. The predicted octanol–water partition coefficient (Wildman–Crippen LogP) is 2.32. The van der Waals surface area contributed by atoms with Crippen LogP contribution in [-0.4, -0.2) is 28.6 Å². The van der Waals surface area contributed by atoms with Gasteiger partial charge in [-0.05, 0) is 35.2 Å². The van der Waals surface area contributed by atoms with Crippen LogP contribution in [0.5, 0.6) is 0 Å². The molecule has 1 heterocycles. The first kappa shape index (κ1) is 16.0. The van der Waals surface area contributed by atoms with Gasteiger partial charge in [0.05, 0.1) is 11.5 Å². The second-order valence-electron chi connectivity index (χ2n) is 5.70. The number of carbonyl (C=O) groups is 2. The van der Waals surface area contributed by atoms with E-state index in [2.05, 4.69) is 5.32 Å². The topological polar surface area (TPSA) is 86.6 Å². The Morgan fingerprint density at radius 3 is 2.62 bits per heavy atom. The zero-order chi connectivity index (χ0) is 15.3. The van der Waals surface area contributed by atoms with Gasteiger partial charge in [-0.15, -0.1) is 0 Å². The number of aliphatic carboxylic acids is 1. The zero-order valence-electron chi connectivity index (χ0n) is 11.9. The number of aliphatic hydroxyl groups is 1. The van der Waals surface area contributed by atoms with Crippen molar-refractivity contribution in [3.05, 3.63) is 22.4 Å². The van der Waals surface area contributed by atoms with Crippen LogP contribution in [0.3, 0.4) is 0 Å². The van der Waals surface area contributed by atoms with Gasteiger partial charge in [0, 0.05) is 13.0 Å². The van der Waals surface area contributed by atoms with Crippen LogP contribution >= 0.6 is 11.3 Å². The number of carbonyl (C=O) groups excluding carboxylic acids is 1. The molecule has 1 aromatic heterocycles. The van der Waals surface area contributed by atoms with E-state index in [9.17, 15) is 19.8 Å². The van der Waals surface area contributed by atoms with Crippen molar-refractivity contribution in [1.29, 1.82) is 0 Å². The van der Waals surface area contributed by atoms with E-state index in [-0.39, 0.29) is 18.9 Å². The van der Waals surface area contributed by atoms with Crippen molar-refractivity contribution < 1.29 is 19.8 Å². The Bertz CT molecular complexity index is 480. The highest BCUT2D eigenvalue weighted by Gasteiger charge is 2.41. The van der Waals surface area contributed by atoms with Crippen LogP contribution in [0.2, 0.25) is 0 Å². The second-order valence-corrected chi connectivity index (χ2v) is 6.48.